The van der Waals surface area contributed by atoms with Crippen LogP contribution in [0.2, 0.25) is 0 Å². The highest BCUT2D eigenvalue weighted by molar-refractivity contribution is 5.61. The van der Waals surface area contributed by atoms with Gasteiger partial charge in [0, 0.05) is 18.0 Å². The maximum Gasteiger partial charge on any atom is 0.270 e. The lowest BCUT2D eigenvalue weighted by Gasteiger charge is -2.00. The Morgan fingerprint density at radius 3 is 2.96 bits per heavy atom. The predicted octanol–water partition coefficient (Wildman–Crippen LogP) is 2.42. The molecule has 0 aliphatic heterocycles. The first-order valence-electron chi connectivity index (χ1n) is 7.21. The first kappa shape index (κ1) is 14.1. The highest BCUT2D eigenvalue weighted by Crippen LogP contribution is 2.23. The third-order valence-corrected chi connectivity index (χ3v) is 3.60. The second-order valence-corrected chi connectivity index (χ2v) is 5.06. The predicted molar refractivity (Wildman–Crippen MR) is 86.7 cm³/mol. The molecular weight excluding hydrogens is 308 g/mol. The zero-order chi connectivity index (χ0) is 16.5. The van der Waals surface area contributed by atoms with E-state index < -0.39 is 0 Å². The van der Waals surface area contributed by atoms with Crippen LogP contribution in [0.3, 0.4) is 0 Å². The van der Waals surface area contributed by atoms with Crippen molar-refractivity contribution in [3.8, 4) is 28.6 Å². The average Bonchev–Trinajstić information content (AvgIpc) is 3.12. The average molecular weight is 320 g/mol. The van der Waals surface area contributed by atoms with E-state index in [2.05, 4.69) is 15.1 Å². The summed E-state index contributed by atoms with van der Waals surface area (Å²) in [5.74, 6) is 1.19. The SMILES string of the molecule is COc1cccc(-c2noc(-c3cnc4ccccn4c3=O)n2)c1. The van der Waals surface area contributed by atoms with E-state index >= 15 is 0 Å². The summed E-state index contributed by atoms with van der Waals surface area (Å²) in [7, 11) is 1.59. The summed E-state index contributed by atoms with van der Waals surface area (Å²) in [6.45, 7) is 0. The highest BCUT2D eigenvalue weighted by atomic mass is 16.5. The molecule has 0 spiro atoms. The number of benzene rings is 1. The number of nitrogens with zero attached hydrogens (tertiary/aromatic N) is 4. The Labute approximate surface area is 136 Å². The van der Waals surface area contributed by atoms with Gasteiger partial charge in [0.05, 0.1) is 7.11 Å². The molecular formula is C17H12N4O3. The van der Waals surface area contributed by atoms with Crippen molar-refractivity contribution in [2.45, 2.75) is 0 Å². The van der Waals surface area contributed by atoms with Gasteiger partial charge in [0.2, 0.25) is 5.82 Å². The van der Waals surface area contributed by atoms with Gasteiger partial charge in [0.1, 0.15) is 17.0 Å². The van der Waals surface area contributed by atoms with Crippen molar-refractivity contribution in [1.82, 2.24) is 19.5 Å². The first-order valence-corrected chi connectivity index (χ1v) is 7.21. The van der Waals surface area contributed by atoms with Crippen LogP contribution in [-0.2, 0) is 0 Å². The number of hydrogen-bond acceptors (Lipinski definition) is 6. The number of aromatic nitrogens is 4. The molecule has 0 N–H and O–H groups in total. The summed E-state index contributed by atoms with van der Waals surface area (Å²) in [6.07, 6.45) is 3.09. The van der Waals surface area contributed by atoms with E-state index in [1.165, 1.54) is 10.6 Å². The minimum atomic E-state index is -0.263. The smallest absolute Gasteiger partial charge is 0.270 e. The fourth-order valence-electron chi connectivity index (χ4n) is 2.39. The Morgan fingerprint density at radius 2 is 2.08 bits per heavy atom. The molecule has 1 aromatic carbocycles. The molecule has 24 heavy (non-hydrogen) atoms. The van der Waals surface area contributed by atoms with Crippen molar-refractivity contribution < 1.29 is 9.26 Å². The molecule has 3 aromatic heterocycles. The molecule has 0 atom stereocenters. The van der Waals surface area contributed by atoms with Crippen molar-refractivity contribution in [2.75, 3.05) is 7.11 Å². The van der Waals surface area contributed by atoms with Gasteiger partial charge in [-0.15, -0.1) is 0 Å². The molecule has 0 amide bonds. The molecule has 0 unspecified atom stereocenters. The van der Waals surface area contributed by atoms with Crippen LogP contribution in [0.1, 0.15) is 0 Å². The van der Waals surface area contributed by atoms with Gasteiger partial charge in [0.25, 0.3) is 11.4 Å². The highest BCUT2D eigenvalue weighted by Gasteiger charge is 2.15. The Bertz CT molecular complexity index is 1080. The largest absolute Gasteiger partial charge is 0.497 e. The third-order valence-electron chi connectivity index (χ3n) is 3.60. The number of fused-ring (bicyclic) bond motifs is 1. The van der Waals surface area contributed by atoms with E-state index in [0.29, 0.717) is 17.2 Å². The van der Waals surface area contributed by atoms with Crippen molar-refractivity contribution in [1.29, 1.82) is 0 Å². The van der Waals surface area contributed by atoms with Gasteiger partial charge in [-0.1, -0.05) is 23.4 Å². The molecule has 0 aliphatic rings. The van der Waals surface area contributed by atoms with Crippen LogP contribution < -0.4 is 10.3 Å². The maximum absolute atomic E-state index is 12.6. The summed E-state index contributed by atoms with van der Waals surface area (Å²) < 4.78 is 11.9. The van der Waals surface area contributed by atoms with Gasteiger partial charge in [-0.25, -0.2) is 4.98 Å². The van der Waals surface area contributed by atoms with Gasteiger partial charge >= 0.3 is 0 Å². The normalized spacial score (nSPS) is 10.9. The summed E-state index contributed by atoms with van der Waals surface area (Å²) >= 11 is 0. The molecule has 0 bridgehead atoms. The van der Waals surface area contributed by atoms with E-state index in [4.69, 9.17) is 9.26 Å². The van der Waals surface area contributed by atoms with Crippen LogP contribution in [0.5, 0.6) is 5.75 Å². The fourth-order valence-corrected chi connectivity index (χ4v) is 2.39. The van der Waals surface area contributed by atoms with Crippen molar-refractivity contribution >= 4 is 5.65 Å². The van der Waals surface area contributed by atoms with Crippen LogP contribution in [0, 0.1) is 0 Å². The summed E-state index contributed by atoms with van der Waals surface area (Å²) in [5.41, 5.74) is 1.28. The van der Waals surface area contributed by atoms with Crippen LogP contribution >= 0.6 is 0 Å². The number of ether oxygens (including phenoxy) is 1. The second kappa shape index (κ2) is 5.62. The second-order valence-electron chi connectivity index (χ2n) is 5.06. The van der Waals surface area contributed by atoms with E-state index in [-0.39, 0.29) is 17.0 Å². The first-order chi connectivity index (χ1) is 11.8. The molecule has 0 saturated heterocycles. The van der Waals surface area contributed by atoms with Gasteiger partial charge < -0.3 is 9.26 Å². The lowest BCUT2D eigenvalue weighted by Crippen LogP contribution is -2.16. The zero-order valence-corrected chi connectivity index (χ0v) is 12.7. The van der Waals surface area contributed by atoms with E-state index in [9.17, 15) is 4.79 Å². The molecule has 0 radical (unpaired) electrons. The van der Waals surface area contributed by atoms with Gasteiger partial charge in [0.15, 0.2) is 0 Å². The quantitative estimate of drug-likeness (QED) is 0.576. The molecule has 7 nitrogen and oxygen atoms in total. The number of hydrogen-bond donors (Lipinski definition) is 0. The Morgan fingerprint density at radius 1 is 1.17 bits per heavy atom. The van der Waals surface area contributed by atoms with Gasteiger partial charge in [-0.3, -0.25) is 9.20 Å². The Balaban J connectivity index is 1.80. The Kier molecular flexibility index (Phi) is 3.31. The van der Waals surface area contributed by atoms with Crippen molar-refractivity contribution in [3.63, 3.8) is 0 Å². The molecule has 3 heterocycles. The third kappa shape index (κ3) is 2.32. The lowest BCUT2D eigenvalue weighted by atomic mass is 10.2. The molecule has 4 rings (SSSR count). The minimum absolute atomic E-state index is 0.128. The van der Waals surface area contributed by atoms with Crippen molar-refractivity contribution in [2.24, 2.45) is 0 Å². The lowest BCUT2D eigenvalue weighted by molar-refractivity contribution is 0.414. The molecule has 7 heteroatoms. The topological polar surface area (TPSA) is 82.5 Å². The van der Waals surface area contributed by atoms with E-state index in [1.807, 2.05) is 24.3 Å². The number of rotatable bonds is 3. The van der Waals surface area contributed by atoms with E-state index in [0.717, 1.165) is 5.56 Å². The summed E-state index contributed by atoms with van der Waals surface area (Å²) in [4.78, 5) is 21.1. The molecule has 4 aromatic rings. The van der Waals surface area contributed by atoms with Crippen LogP contribution in [0.25, 0.3) is 28.5 Å². The molecule has 0 fully saturated rings. The van der Waals surface area contributed by atoms with Gasteiger partial charge in [-0.2, -0.15) is 4.98 Å². The fraction of sp³-hybridized carbons (Fsp3) is 0.0588. The van der Waals surface area contributed by atoms with Crippen LogP contribution in [0.4, 0.5) is 0 Å². The molecule has 118 valence electrons. The number of methoxy groups -OCH3 is 1. The monoisotopic (exact) mass is 320 g/mol. The van der Waals surface area contributed by atoms with Gasteiger partial charge in [-0.05, 0) is 24.3 Å². The Hall–Kier alpha value is -3.48. The zero-order valence-electron chi connectivity index (χ0n) is 12.7. The summed E-state index contributed by atoms with van der Waals surface area (Å²) in [6, 6.07) is 12.6. The summed E-state index contributed by atoms with van der Waals surface area (Å²) in [5, 5.41) is 3.94. The molecule has 0 saturated carbocycles. The minimum Gasteiger partial charge on any atom is -0.497 e. The molecule has 0 aliphatic carbocycles. The standard InChI is InChI=1S/C17H12N4O3/c1-23-12-6-4-5-11(9-12)15-19-16(24-20-15)13-10-18-14-7-2-3-8-21(14)17(13)22/h2-10H,1H3. The van der Waals surface area contributed by atoms with Crippen LogP contribution in [0.15, 0.2) is 64.2 Å². The van der Waals surface area contributed by atoms with E-state index in [1.54, 1.807) is 31.5 Å². The van der Waals surface area contributed by atoms with Crippen molar-refractivity contribution in [3.05, 3.63) is 65.2 Å². The van der Waals surface area contributed by atoms with Crippen LogP contribution in [-0.4, -0.2) is 26.6 Å². The number of pyridine rings is 1. The maximum atomic E-state index is 12.6.